The third-order valence-electron chi connectivity index (χ3n) is 7.58. The van der Waals surface area contributed by atoms with Crippen molar-refractivity contribution < 1.29 is 4.52 Å². The second kappa shape index (κ2) is 6.44. The average molecular weight is 387 g/mol. The molecule has 5 fully saturated rings. The van der Waals surface area contributed by atoms with Gasteiger partial charge in [-0.3, -0.25) is 0 Å². The molecule has 4 bridgehead atoms. The van der Waals surface area contributed by atoms with Crippen LogP contribution in [-0.2, 0) is 4.52 Å². The minimum atomic E-state index is -0.744. The predicted octanol–water partition coefficient (Wildman–Crippen LogP) is 6.07. The summed E-state index contributed by atoms with van der Waals surface area (Å²) in [7, 11) is 1.57. The standard InChI is InChI=1S/C23H35N2OP/c1-22(2,3)21-16-25(20-8-6-5-7-9-20)27(24(21)4)26-23-13-17-10-18(14-23)12-19(11-17)15-23/h5-9,17-19,21H,10-16H2,1-4H3/t17?,18?,19?,21-,23?,27?/m1/s1. The molecule has 148 valence electrons. The summed E-state index contributed by atoms with van der Waals surface area (Å²) in [6, 6.07) is 11.5. The van der Waals surface area contributed by atoms with Gasteiger partial charge in [0, 0.05) is 18.3 Å². The van der Waals surface area contributed by atoms with Gasteiger partial charge in [0.1, 0.15) is 0 Å². The highest BCUT2D eigenvalue weighted by Crippen LogP contribution is 2.64. The second-order valence-corrected chi connectivity index (χ2v) is 12.6. The first kappa shape index (κ1) is 18.4. The van der Waals surface area contributed by atoms with Gasteiger partial charge in [0.05, 0.1) is 5.60 Å². The molecule has 0 amide bonds. The van der Waals surface area contributed by atoms with E-state index in [0.29, 0.717) is 6.04 Å². The van der Waals surface area contributed by atoms with Crippen LogP contribution in [0, 0.1) is 23.2 Å². The first-order valence-corrected chi connectivity index (χ1v) is 12.0. The van der Waals surface area contributed by atoms with Crippen molar-refractivity contribution in [3.05, 3.63) is 30.3 Å². The Morgan fingerprint density at radius 1 is 0.963 bits per heavy atom. The van der Waals surface area contributed by atoms with Crippen molar-refractivity contribution in [2.24, 2.45) is 23.2 Å². The Bertz CT molecular complexity index is 650. The number of rotatable bonds is 3. The third-order valence-corrected chi connectivity index (χ3v) is 9.76. The van der Waals surface area contributed by atoms with Gasteiger partial charge in [-0.1, -0.05) is 39.0 Å². The van der Waals surface area contributed by atoms with E-state index in [4.69, 9.17) is 4.52 Å². The van der Waals surface area contributed by atoms with Crippen molar-refractivity contribution in [3.8, 4) is 0 Å². The fourth-order valence-electron chi connectivity index (χ4n) is 6.71. The monoisotopic (exact) mass is 386 g/mol. The molecule has 0 aromatic heterocycles. The van der Waals surface area contributed by atoms with Crippen LogP contribution in [0.15, 0.2) is 30.3 Å². The second-order valence-electron chi connectivity index (χ2n) is 10.8. The predicted molar refractivity (Wildman–Crippen MR) is 114 cm³/mol. The van der Waals surface area contributed by atoms with E-state index >= 15 is 0 Å². The molecular formula is C23H35N2OP. The van der Waals surface area contributed by atoms with Gasteiger partial charge in [-0.05, 0) is 80.9 Å². The summed E-state index contributed by atoms with van der Waals surface area (Å²) in [5, 5.41) is 0. The Kier molecular flexibility index (Phi) is 4.39. The fraction of sp³-hybridized carbons (Fsp3) is 0.739. The first-order valence-electron chi connectivity index (χ1n) is 10.9. The molecule has 2 atom stereocenters. The van der Waals surface area contributed by atoms with E-state index in [9.17, 15) is 0 Å². The van der Waals surface area contributed by atoms with Crippen molar-refractivity contribution in [3.63, 3.8) is 0 Å². The fourth-order valence-corrected chi connectivity index (χ4v) is 9.13. The molecule has 1 aliphatic heterocycles. The van der Waals surface area contributed by atoms with Crippen molar-refractivity contribution in [1.29, 1.82) is 0 Å². The number of para-hydroxylation sites is 1. The quantitative estimate of drug-likeness (QED) is 0.587. The number of benzene rings is 1. The SMILES string of the molecule is CN1[C@@H](C(C)(C)C)CN(c2ccccc2)P1OC12CC3CC(CC(C3)C1)C2. The minimum Gasteiger partial charge on any atom is -0.320 e. The summed E-state index contributed by atoms with van der Waals surface area (Å²) in [5.41, 5.74) is 1.74. The lowest BCUT2D eigenvalue weighted by molar-refractivity contribution is -0.105. The number of nitrogens with zero attached hydrogens (tertiary/aromatic N) is 2. The molecule has 1 heterocycles. The van der Waals surface area contributed by atoms with E-state index in [1.165, 1.54) is 44.2 Å². The summed E-state index contributed by atoms with van der Waals surface area (Å²) in [6.45, 7) is 8.20. The molecule has 27 heavy (non-hydrogen) atoms. The highest BCUT2D eigenvalue weighted by Gasteiger charge is 2.55. The molecule has 6 rings (SSSR count). The highest BCUT2D eigenvalue weighted by atomic mass is 31.2. The number of likely N-dealkylation sites (N-methyl/N-ethyl adjacent to an activating group) is 1. The largest absolute Gasteiger partial charge is 0.320 e. The molecule has 1 aromatic rings. The molecule has 4 saturated carbocycles. The lowest BCUT2D eigenvalue weighted by atomic mass is 9.54. The van der Waals surface area contributed by atoms with Crippen LogP contribution < -0.4 is 4.67 Å². The summed E-state index contributed by atoms with van der Waals surface area (Å²) < 4.78 is 12.4. The van der Waals surface area contributed by atoms with E-state index in [-0.39, 0.29) is 11.0 Å². The van der Waals surface area contributed by atoms with Crippen LogP contribution in [-0.4, -0.2) is 29.9 Å². The summed E-state index contributed by atoms with van der Waals surface area (Å²) in [5.74, 6) is 2.80. The van der Waals surface area contributed by atoms with E-state index in [0.717, 1.165) is 24.3 Å². The number of hydrogen-bond acceptors (Lipinski definition) is 3. The van der Waals surface area contributed by atoms with E-state index in [1.54, 1.807) is 0 Å². The molecule has 1 unspecified atom stereocenters. The van der Waals surface area contributed by atoms with Crippen LogP contribution in [0.3, 0.4) is 0 Å². The van der Waals surface area contributed by atoms with Crippen molar-refractivity contribution in [2.75, 3.05) is 18.3 Å². The van der Waals surface area contributed by atoms with E-state index < -0.39 is 8.45 Å². The Labute approximate surface area is 166 Å². The van der Waals surface area contributed by atoms with Gasteiger partial charge in [0.2, 0.25) is 8.45 Å². The van der Waals surface area contributed by atoms with Crippen molar-refractivity contribution >= 4 is 14.1 Å². The molecule has 4 aliphatic carbocycles. The molecule has 1 aromatic carbocycles. The molecule has 0 radical (unpaired) electrons. The van der Waals surface area contributed by atoms with Crippen molar-refractivity contribution in [2.45, 2.75) is 70.9 Å². The van der Waals surface area contributed by atoms with Gasteiger partial charge < -0.3 is 9.19 Å². The van der Waals surface area contributed by atoms with Crippen LogP contribution in [0.1, 0.15) is 59.3 Å². The van der Waals surface area contributed by atoms with Gasteiger partial charge in [-0.2, -0.15) is 0 Å². The maximum absolute atomic E-state index is 7.23. The van der Waals surface area contributed by atoms with E-state index in [1.807, 2.05) is 0 Å². The normalized spacial score (nSPS) is 41.5. The van der Waals surface area contributed by atoms with Crippen LogP contribution in [0.2, 0.25) is 0 Å². The van der Waals surface area contributed by atoms with Crippen molar-refractivity contribution in [1.82, 2.24) is 4.67 Å². The zero-order valence-corrected chi connectivity index (χ0v) is 18.3. The average Bonchev–Trinajstić information content (AvgIpc) is 2.91. The maximum atomic E-state index is 7.23. The van der Waals surface area contributed by atoms with Gasteiger partial charge >= 0.3 is 0 Å². The smallest absolute Gasteiger partial charge is 0.218 e. The molecular weight excluding hydrogens is 351 g/mol. The summed E-state index contributed by atoms with van der Waals surface area (Å²) >= 11 is 0. The molecule has 5 aliphatic rings. The maximum Gasteiger partial charge on any atom is 0.218 e. The van der Waals surface area contributed by atoms with Gasteiger partial charge in [-0.25, -0.2) is 4.67 Å². The number of anilines is 1. The Balaban J connectivity index is 1.45. The van der Waals surface area contributed by atoms with Gasteiger partial charge in [0.15, 0.2) is 0 Å². The highest BCUT2D eigenvalue weighted by molar-refractivity contribution is 7.52. The molecule has 0 N–H and O–H groups in total. The van der Waals surface area contributed by atoms with Crippen LogP contribution >= 0.6 is 8.45 Å². The summed E-state index contributed by atoms with van der Waals surface area (Å²) in [4.78, 5) is 0. The first-order chi connectivity index (χ1) is 12.8. The van der Waals surface area contributed by atoms with Crippen LogP contribution in [0.25, 0.3) is 0 Å². The molecule has 0 spiro atoms. The lowest BCUT2D eigenvalue weighted by Crippen LogP contribution is -2.52. The van der Waals surface area contributed by atoms with Crippen LogP contribution in [0.4, 0.5) is 5.69 Å². The van der Waals surface area contributed by atoms with E-state index in [2.05, 4.69) is 67.5 Å². The molecule has 4 heteroatoms. The third kappa shape index (κ3) is 3.24. The van der Waals surface area contributed by atoms with Crippen LogP contribution in [0.5, 0.6) is 0 Å². The Hall–Kier alpha value is -0.630. The molecule has 1 saturated heterocycles. The zero-order valence-electron chi connectivity index (χ0n) is 17.4. The molecule has 3 nitrogen and oxygen atoms in total. The Morgan fingerprint density at radius 2 is 1.52 bits per heavy atom. The Morgan fingerprint density at radius 3 is 2.04 bits per heavy atom. The summed E-state index contributed by atoms with van der Waals surface area (Å²) in [6.07, 6.45) is 8.37. The minimum absolute atomic E-state index is 0.161. The zero-order chi connectivity index (χ0) is 18.8. The topological polar surface area (TPSA) is 15.7 Å². The number of hydrogen-bond donors (Lipinski definition) is 0. The van der Waals surface area contributed by atoms with Gasteiger partial charge in [0.25, 0.3) is 0 Å². The lowest BCUT2D eigenvalue weighted by Gasteiger charge is -2.57. The van der Waals surface area contributed by atoms with Gasteiger partial charge in [-0.15, -0.1) is 0 Å².